The Morgan fingerprint density at radius 2 is 1.96 bits per heavy atom. The second-order valence-corrected chi connectivity index (χ2v) is 10.1. The van der Waals surface area contributed by atoms with Crippen LogP contribution in [0.5, 0.6) is 0 Å². The van der Waals surface area contributed by atoms with Crippen LogP contribution in [0.4, 0.5) is 0 Å². The predicted molar refractivity (Wildman–Crippen MR) is 105 cm³/mol. The highest BCUT2D eigenvalue weighted by Crippen LogP contribution is 2.52. The standard InChI is InChI=1S/C20H30N2O5S/c1-9-15-14(10(2)23)19(25)22(15)16(20(26)27)18(9)28-12-7-13(21-8-12)17(24)11-5-3-4-6-11/h9-15,17,21,23-24H,3-8H2,1-2H3,(H,26,27)/t9-,10?,12?,13+,14?,15?,17?/m1/s1. The first-order chi connectivity index (χ1) is 13.3. The van der Waals surface area contributed by atoms with Crippen LogP contribution in [0.25, 0.3) is 0 Å². The number of carbonyl (C=O) groups is 2. The van der Waals surface area contributed by atoms with Gasteiger partial charge in [-0.1, -0.05) is 19.8 Å². The van der Waals surface area contributed by atoms with Crippen molar-refractivity contribution in [3.8, 4) is 0 Å². The van der Waals surface area contributed by atoms with E-state index in [0.29, 0.717) is 5.92 Å². The number of carboxylic acid groups (broad SMARTS) is 1. The molecule has 2 saturated heterocycles. The summed E-state index contributed by atoms with van der Waals surface area (Å²) in [6.45, 7) is 4.26. The van der Waals surface area contributed by atoms with Gasteiger partial charge in [0, 0.05) is 28.7 Å². The Hall–Kier alpha value is -1.09. The van der Waals surface area contributed by atoms with E-state index in [1.54, 1.807) is 6.92 Å². The minimum Gasteiger partial charge on any atom is -0.477 e. The molecule has 0 spiro atoms. The lowest BCUT2D eigenvalue weighted by Crippen LogP contribution is -2.63. The van der Waals surface area contributed by atoms with Gasteiger partial charge in [-0.25, -0.2) is 4.79 Å². The van der Waals surface area contributed by atoms with Crippen molar-refractivity contribution in [3.05, 3.63) is 10.6 Å². The van der Waals surface area contributed by atoms with E-state index < -0.39 is 18.0 Å². The fraction of sp³-hybridized carbons (Fsp3) is 0.800. The topological polar surface area (TPSA) is 110 Å². The third-order valence-electron chi connectivity index (χ3n) is 7.02. The summed E-state index contributed by atoms with van der Waals surface area (Å²) in [7, 11) is 0. The van der Waals surface area contributed by atoms with Crippen molar-refractivity contribution in [3.63, 3.8) is 0 Å². The summed E-state index contributed by atoms with van der Waals surface area (Å²) < 4.78 is 0. The minimum atomic E-state index is -1.08. The van der Waals surface area contributed by atoms with Gasteiger partial charge in [-0.3, -0.25) is 4.79 Å². The van der Waals surface area contributed by atoms with Gasteiger partial charge in [-0.05, 0) is 32.1 Å². The summed E-state index contributed by atoms with van der Waals surface area (Å²) in [5.41, 5.74) is 0.0872. The average Bonchev–Trinajstić information content (AvgIpc) is 3.35. The fourth-order valence-corrected chi connectivity index (χ4v) is 7.06. The number of fused-ring (bicyclic) bond motifs is 1. The number of carboxylic acids is 1. The van der Waals surface area contributed by atoms with Crippen molar-refractivity contribution in [2.45, 2.75) is 75.5 Å². The molecule has 4 aliphatic rings. The summed E-state index contributed by atoms with van der Waals surface area (Å²) >= 11 is 1.54. The highest BCUT2D eigenvalue weighted by Gasteiger charge is 2.60. The van der Waals surface area contributed by atoms with Crippen LogP contribution in [0.1, 0.15) is 46.0 Å². The number of hydrogen-bond donors (Lipinski definition) is 4. The molecule has 0 radical (unpaired) electrons. The van der Waals surface area contributed by atoms with Crippen molar-refractivity contribution in [2.75, 3.05) is 6.54 Å². The number of nitrogens with one attached hydrogen (secondary N) is 1. The summed E-state index contributed by atoms with van der Waals surface area (Å²) in [4.78, 5) is 26.4. The van der Waals surface area contributed by atoms with Gasteiger partial charge in [0.2, 0.25) is 5.91 Å². The van der Waals surface area contributed by atoms with E-state index in [1.807, 2.05) is 6.92 Å². The Labute approximate surface area is 169 Å². The molecule has 1 aliphatic carbocycles. The number of amides is 1. The largest absolute Gasteiger partial charge is 0.477 e. The maximum absolute atomic E-state index is 12.4. The zero-order valence-corrected chi connectivity index (χ0v) is 17.2. The molecule has 8 heteroatoms. The van der Waals surface area contributed by atoms with E-state index in [-0.39, 0.29) is 41.0 Å². The molecule has 3 aliphatic heterocycles. The van der Waals surface area contributed by atoms with Crippen molar-refractivity contribution in [2.24, 2.45) is 17.8 Å². The van der Waals surface area contributed by atoms with Crippen LogP contribution < -0.4 is 5.32 Å². The lowest BCUT2D eigenvalue weighted by atomic mass is 9.79. The second-order valence-electron chi connectivity index (χ2n) is 8.80. The number of aliphatic hydroxyl groups is 2. The maximum Gasteiger partial charge on any atom is 0.353 e. The number of carbonyl (C=O) groups excluding carboxylic acids is 1. The molecule has 156 valence electrons. The summed E-state index contributed by atoms with van der Waals surface area (Å²) in [5.74, 6) is -1.64. The lowest BCUT2D eigenvalue weighted by molar-refractivity contribution is -0.163. The molecule has 0 aromatic carbocycles. The Kier molecular flexibility index (Phi) is 5.50. The average molecular weight is 411 g/mol. The van der Waals surface area contributed by atoms with Gasteiger partial charge in [0.15, 0.2) is 0 Å². The Bertz CT molecular complexity index is 690. The molecule has 3 fully saturated rings. The van der Waals surface area contributed by atoms with E-state index in [2.05, 4.69) is 5.32 Å². The van der Waals surface area contributed by atoms with Gasteiger partial charge in [-0.15, -0.1) is 11.8 Å². The molecule has 5 unspecified atom stereocenters. The highest BCUT2D eigenvalue weighted by atomic mass is 32.2. The van der Waals surface area contributed by atoms with Crippen molar-refractivity contribution >= 4 is 23.6 Å². The maximum atomic E-state index is 12.4. The zero-order valence-electron chi connectivity index (χ0n) is 16.4. The number of nitrogens with zero attached hydrogens (tertiary/aromatic N) is 1. The first kappa shape index (κ1) is 20.2. The van der Waals surface area contributed by atoms with E-state index in [1.165, 1.54) is 29.5 Å². The van der Waals surface area contributed by atoms with Gasteiger partial charge >= 0.3 is 5.97 Å². The van der Waals surface area contributed by atoms with Crippen LogP contribution in [0, 0.1) is 17.8 Å². The molecule has 0 aromatic rings. The van der Waals surface area contributed by atoms with E-state index >= 15 is 0 Å². The number of hydrogen-bond acceptors (Lipinski definition) is 6. The molecule has 0 bridgehead atoms. The summed E-state index contributed by atoms with van der Waals surface area (Å²) in [6.07, 6.45) is 4.22. The molecule has 3 heterocycles. The number of rotatable bonds is 6. The Morgan fingerprint density at radius 3 is 2.57 bits per heavy atom. The van der Waals surface area contributed by atoms with Gasteiger partial charge < -0.3 is 25.5 Å². The minimum absolute atomic E-state index is 0.0510. The molecule has 0 aromatic heterocycles. The van der Waals surface area contributed by atoms with E-state index in [4.69, 9.17) is 0 Å². The zero-order chi connectivity index (χ0) is 20.2. The second kappa shape index (κ2) is 7.63. The molecule has 28 heavy (non-hydrogen) atoms. The molecule has 4 rings (SSSR count). The molecule has 7 atom stereocenters. The number of aliphatic hydroxyl groups excluding tert-OH is 2. The Balaban J connectivity index is 1.47. The normalized spacial score (nSPS) is 37.9. The van der Waals surface area contributed by atoms with Crippen LogP contribution in [0.2, 0.25) is 0 Å². The quantitative estimate of drug-likeness (QED) is 0.486. The summed E-state index contributed by atoms with van der Waals surface area (Å²) in [5, 5.41) is 34.0. The number of thioether (sulfide) groups is 1. The summed E-state index contributed by atoms with van der Waals surface area (Å²) in [6, 6.07) is -0.217. The molecule has 7 nitrogen and oxygen atoms in total. The smallest absolute Gasteiger partial charge is 0.353 e. The first-order valence-electron chi connectivity index (χ1n) is 10.4. The van der Waals surface area contributed by atoms with Gasteiger partial charge in [-0.2, -0.15) is 0 Å². The monoisotopic (exact) mass is 410 g/mol. The molecular weight excluding hydrogens is 380 g/mol. The van der Waals surface area contributed by atoms with Crippen LogP contribution >= 0.6 is 11.8 Å². The fourth-order valence-electron chi connectivity index (χ4n) is 5.57. The lowest BCUT2D eigenvalue weighted by Gasteiger charge is -2.46. The third kappa shape index (κ3) is 3.18. The number of β-lactam (4-membered cyclic amide) rings is 1. The van der Waals surface area contributed by atoms with Crippen LogP contribution in [-0.2, 0) is 9.59 Å². The van der Waals surface area contributed by atoms with Crippen molar-refractivity contribution < 1.29 is 24.9 Å². The Morgan fingerprint density at radius 1 is 1.29 bits per heavy atom. The van der Waals surface area contributed by atoms with E-state index in [0.717, 1.165) is 30.7 Å². The molecule has 1 saturated carbocycles. The third-order valence-corrected chi connectivity index (χ3v) is 8.54. The molecule has 1 amide bonds. The molecule has 4 N–H and O–H groups in total. The first-order valence-corrected chi connectivity index (χ1v) is 11.3. The van der Waals surface area contributed by atoms with Crippen LogP contribution in [0.3, 0.4) is 0 Å². The SMILES string of the molecule is CC(O)C1C(=O)N2C(C(=O)O)=C(SC3CN[C@H](C(O)C4CCCC4)C3)[C@H](C)C12. The van der Waals surface area contributed by atoms with Gasteiger partial charge in [0.25, 0.3) is 0 Å². The highest BCUT2D eigenvalue weighted by molar-refractivity contribution is 8.03. The van der Waals surface area contributed by atoms with Crippen LogP contribution in [0.15, 0.2) is 10.6 Å². The van der Waals surface area contributed by atoms with E-state index in [9.17, 15) is 24.9 Å². The molecular formula is C20H30N2O5S. The van der Waals surface area contributed by atoms with Crippen LogP contribution in [-0.4, -0.2) is 68.2 Å². The van der Waals surface area contributed by atoms with Gasteiger partial charge in [0.05, 0.1) is 24.2 Å². The van der Waals surface area contributed by atoms with Gasteiger partial charge in [0.1, 0.15) is 5.70 Å². The van der Waals surface area contributed by atoms with Crippen molar-refractivity contribution in [1.82, 2.24) is 10.2 Å². The number of aliphatic carboxylic acids is 1. The predicted octanol–water partition coefficient (Wildman–Crippen LogP) is 1.15. The van der Waals surface area contributed by atoms with Crippen molar-refractivity contribution in [1.29, 1.82) is 0 Å².